The molecule has 3 rings (SSSR count). The summed E-state index contributed by atoms with van der Waals surface area (Å²) in [6.07, 6.45) is 1.42. The lowest BCUT2D eigenvalue weighted by atomic mass is 9.83. The maximum absolute atomic E-state index is 13.5. The summed E-state index contributed by atoms with van der Waals surface area (Å²) in [5.41, 5.74) is 1.03. The molecule has 0 radical (unpaired) electrons. The van der Waals surface area contributed by atoms with Crippen molar-refractivity contribution in [1.29, 1.82) is 0 Å². The molecule has 2 N–H and O–H groups in total. The predicted molar refractivity (Wildman–Crippen MR) is 133 cm³/mol. The SMILES string of the molecule is CCC(=O)N(c1ccccc1)C1(C(=O)N(C)OC)CCN(Cc2ccccc2)CC1.O=C(O)C(=O)O. The molecule has 0 aliphatic carbocycles. The number of benzene rings is 2. The van der Waals surface area contributed by atoms with E-state index in [2.05, 4.69) is 17.0 Å². The fourth-order valence-corrected chi connectivity index (χ4v) is 4.20. The Morgan fingerprint density at radius 1 is 0.917 bits per heavy atom. The van der Waals surface area contributed by atoms with Crippen molar-refractivity contribution >= 4 is 29.4 Å². The normalized spacial score (nSPS) is 14.6. The summed E-state index contributed by atoms with van der Waals surface area (Å²) in [6, 6.07) is 19.8. The minimum absolute atomic E-state index is 0.0597. The predicted octanol–water partition coefficient (Wildman–Crippen LogP) is 2.64. The van der Waals surface area contributed by atoms with E-state index in [-0.39, 0.29) is 11.8 Å². The number of nitrogens with zero attached hydrogens (tertiary/aromatic N) is 3. The van der Waals surface area contributed by atoms with E-state index in [0.29, 0.717) is 19.3 Å². The van der Waals surface area contributed by atoms with Gasteiger partial charge in [0.1, 0.15) is 5.54 Å². The molecule has 0 spiro atoms. The largest absolute Gasteiger partial charge is 0.473 e. The van der Waals surface area contributed by atoms with E-state index in [1.807, 2.05) is 55.5 Å². The first kappa shape index (κ1) is 28.5. The topological polar surface area (TPSA) is 128 Å². The van der Waals surface area contributed by atoms with Crippen LogP contribution in [0.2, 0.25) is 0 Å². The maximum Gasteiger partial charge on any atom is 0.414 e. The maximum atomic E-state index is 13.5. The zero-order valence-electron chi connectivity index (χ0n) is 20.8. The second kappa shape index (κ2) is 13.4. The molecule has 10 heteroatoms. The summed E-state index contributed by atoms with van der Waals surface area (Å²) in [7, 11) is 3.09. The first-order valence-electron chi connectivity index (χ1n) is 11.6. The van der Waals surface area contributed by atoms with Crippen molar-refractivity contribution in [1.82, 2.24) is 9.96 Å². The first-order chi connectivity index (χ1) is 17.2. The van der Waals surface area contributed by atoms with Gasteiger partial charge in [-0.3, -0.25) is 24.2 Å². The number of piperidine rings is 1. The number of carbonyl (C=O) groups excluding carboxylic acids is 2. The van der Waals surface area contributed by atoms with Crippen molar-refractivity contribution < 1.29 is 34.2 Å². The summed E-state index contributed by atoms with van der Waals surface area (Å²) >= 11 is 0. The van der Waals surface area contributed by atoms with Crippen LogP contribution in [0.5, 0.6) is 0 Å². The summed E-state index contributed by atoms with van der Waals surface area (Å²) < 4.78 is 0. The number of hydroxylamine groups is 2. The van der Waals surface area contributed by atoms with Gasteiger partial charge in [0.2, 0.25) is 5.91 Å². The molecule has 1 heterocycles. The monoisotopic (exact) mass is 499 g/mol. The molecule has 1 aliphatic rings. The Kier molecular flexibility index (Phi) is 10.6. The van der Waals surface area contributed by atoms with Crippen molar-refractivity contribution in [2.24, 2.45) is 0 Å². The van der Waals surface area contributed by atoms with Crippen molar-refractivity contribution in [3.05, 3.63) is 66.2 Å². The van der Waals surface area contributed by atoms with Crippen LogP contribution in [0.25, 0.3) is 0 Å². The molecule has 0 bridgehead atoms. The Morgan fingerprint density at radius 2 is 1.42 bits per heavy atom. The van der Waals surface area contributed by atoms with Crippen LogP contribution in [-0.4, -0.2) is 76.7 Å². The van der Waals surface area contributed by atoms with Crippen molar-refractivity contribution in [3.63, 3.8) is 0 Å². The number of hydrogen-bond donors (Lipinski definition) is 2. The minimum Gasteiger partial charge on any atom is -0.473 e. The van der Waals surface area contributed by atoms with Crippen molar-refractivity contribution in [2.45, 2.75) is 38.3 Å². The van der Waals surface area contributed by atoms with Gasteiger partial charge in [0.15, 0.2) is 0 Å². The summed E-state index contributed by atoms with van der Waals surface area (Å²) in [5, 5.41) is 16.0. The third-order valence-corrected chi connectivity index (χ3v) is 6.07. The van der Waals surface area contributed by atoms with Gasteiger partial charge in [-0.05, 0) is 30.5 Å². The second-order valence-corrected chi connectivity index (χ2v) is 8.31. The van der Waals surface area contributed by atoms with Gasteiger partial charge in [0.25, 0.3) is 5.91 Å². The molecule has 1 saturated heterocycles. The number of hydrogen-bond acceptors (Lipinski definition) is 6. The molecule has 2 amide bonds. The second-order valence-electron chi connectivity index (χ2n) is 8.31. The van der Waals surface area contributed by atoms with Crippen molar-refractivity contribution in [3.8, 4) is 0 Å². The van der Waals surface area contributed by atoms with E-state index >= 15 is 0 Å². The number of likely N-dealkylation sites (N-methyl/N-ethyl adjacent to an activating group) is 1. The lowest BCUT2D eigenvalue weighted by Crippen LogP contribution is -2.65. The van der Waals surface area contributed by atoms with Gasteiger partial charge >= 0.3 is 11.9 Å². The highest BCUT2D eigenvalue weighted by Gasteiger charge is 2.50. The molecule has 10 nitrogen and oxygen atoms in total. The van der Waals surface area contributed by atoms with E-state index in [1.165, 1.54) is 17.7 Å². The lowest BCUT2D eigenvalue weighted by molar-refractivity contribution is -0.177. The Labute approximate surface area is 210 Å². The first-order valence-corrected chi connectivity index (χ1v) is 11.6. The van der Waals surface area contributed by atoms with Gasteiger partial charge in [-0.1, -0.05) is 55.5 Å². The molecule has 0 unspecified atom stereocenters. The molecular formula is C26H33N3O7. The number of rotatable bonds is 7. The molecule has 0 atom stereocenters. The number of likely N-dealkylation sites (tertiary alicyclic amines) is 1. The minimum atomic E-state index is -1.82. The van der Waals surface area contributed by atoms with E-state index < -0.39 is 17.5 Å². The van der Waals surface area contributed by atoms with Gasteiger partial charge in [0.05, 0.1) is 7.11 Å². The Balaban J connectivity index is 0.000000678. The average molecular weight is 500 g/mol. The van der Waals surface area contributed by atoms with E-state index in [4.69, 9.17) is 24.6 Å². The number of amides is 2. The van der Waals surface area contributed by atoms with E-state index in [9.17, 15) is 9.59 Å². The number of carbonyl (C=O) groups is 4. The average Bonchev–Trinajstić information content (AvgIpc) is 2.90. The van der Waals surface area contributed by atoms with Crippen LogP contribution >= 0.6 is 0 Å². The summed E-state index contributed by atoms with van der Waals surface area (Å²) in [4.78, 5) is 54.1. The highest BCUT2D eigenvalue weighted by atomic mass is 16.7. The van der Waals surface area contributed by atoms with Crippen LogP contribution in [0, 0.1) is 0 Å². The number of anilines is 1. The third kappa shape index (κ3) is 7.12. The Hall–Kier alpha value is -3.76. The van der Waals surface area contributed by atoms with Gasteiger partial charge in [-0.25, -0.2) is 14.7 Å². The standard InChI is InChI=1S/C24H31N3O3.C2H2O4/c1-4-22(28)27(21-13-9-6-10-14-21)24(23(29)25(2)30-3)15-17-26(18-16-24)19-20-11-7-5-8-12-20;3-1(4)2(5)6/h5-14H,4,15-19H2,1-3H3;(H,3,4)(H,5,6). The number of para-hydroxylation sites is 1. The van der Waals surface area contributed by atoms with Crippen LogP contribution in [0.3, 0.4) is 0 Å². The Morgan fingerprint density at radius 3 is 1.86 bits per heavy atom. The van der Waals surface area contributed by atoms with Crippen molar-refractivity contribution in [2.75, 3.05) is 32.1 Å². The highest BCUT2D eigenvalue weighted by molar-refractivity contribution is 6.27. The number of aliphatic carboxylic acids is 2. The molecule has 0 aromatic heterocycles. The lowest BCUT2D eigenvalue weighted by Gasteiger charge is -2.48. The van der Waals surface area contributed by atoms with Crippen LogP contribution in [0.4, 0.5) is 5.69 Å². The van der Waals surface area contributed by atoms with Crippen LogP contribution < -0.4 is 4.90 Å². The fourth-order valence-electron chi connectivity index (χ4n) is 4.20. The molecule has 0 saturated carbocycles. The molecule has 36 heavy (non-hydrogen) atoms. The van der Waals surface area contributed by atoms with Crippen LogP contribution in [-0.2, 0) is 30.6 Å². The summed E-state index contributed by atoms with van der Waals surface area (Å²) in [6.45, 7) is 4.11. The molecule has 1 fully saturated rings. The summed E-state index contributed by atoms with van der Waals surface area (Å²) in [5.74, 6) is -3.89. The van der Waals surface area contributed by atoms with Gasteiger partial charge in [-0.15, -0.1) is 0 Å². The molecule has 2 aromatic carbocycles. The third-order valence-electron chi connectivity index (χ3n) is 6.07. The zero-order chi connectivity index (χ0) is 26.7. The van der Waals surface area contributed by atoms with Gasteiger partial charge in [0, 0.05) is 38.8 Å². The smallest absolute Gasteiger partial charge is 0.414 e. The number of carboxylic acids is 2. The van der Waals surface area contributed by atoms with Crippen LogP contribution in [0.1, 0.15) is 31.7 Å². The zero-order valence-corrected chi connectivity index (χ0v) is 20.8. The highest BCUT2D eigenvalue weighted by Crippen LogP contribution is 2.36. The fraction of sp³-hybridized carbons (Fsp3) is 0.385. The molecule has 194 valence electrons. The molecule has 2 aromatic rings. The van der Waals surface area contributed by atoms with Gasteiger partial charge < -0.3 is 10.2 Å². The number of carboxylic acid groups (broad SMARTS) is 2. The molecular weight excluding hydrogens is 466 g/mol. The van der Waals surface area contributed by atoms with E-state index in [1.54, 1.807) is 11.9 Å². The van der Waals surface area contributed by atoms with E-state index in [0.717, 1.165) is 25.3 Å². The van der Waals surface area contributed by atoms with Gasteiger partial charge in [-0.2, -0.15) is 0 Å². The molecule has 1 aliphatic heterocycles. The Bertz CT molecular complexity index is 1010. The van der Waals surface area contributed by atoms with Crippen LogP contribution in [0.15, 0.2) is 60.7 Å². The quantitative estimate of drug-likeness (QED) is 0.440.